The number of alkyl halides is 1. The molecule has 0 bridgehead atoms. The maximum Gasteiger partial charge on any atom is 0.367 e. The topological polar surface area (TPSA) is 38.7 Å². The maximum absolute atomic E-state index is 11.4. The summed E-state index contributed by atoms with van der Waals surface area (Å²) in [5.74, 6) is -0.377. The molecule has 0 saturated carbocycles. The van der Waals surface area contributed by atoms with E-state index in [9.17, 15) is 4.79 Å². The molecule has 0 saturated heterocycles. The van der Waals surface area contributed by atoms with E-state index in [-0.39, 0.29) is 5.88 Å². The average Bonchev–Trinajstić information content (AvgIpc) is 2.63. The summed E-state index contributed by atoms with van der Waals surface area (Å²) in [5, 5.41) is 4.13. The van der Waals surface area contributed by atoms with E-state index in [2.05, 4.69) is 9.99 Å². The summed E-state index contributed by atoms with van der Waals surface area (Å²) in [5.41, 5.74) is 1.51. The highest BCUT2D eigenvalue weighted by molar-refractivity contribution is 6.39. The third-order valence-corrected chi connectivity index (χ3v) is 2.70. The standard InChI is InChI=1S/C11H7Cl2NO2/c12-6-10-8(11(15)16-14-10)5-7-3-1-2-4-9(7)13/h1-5H,6H2. The van der Waals surface area contributed by atoms with Gasteiger partial charge in [0.05, 0.1) is 11.5 Å². The average molecular weight is 256 g/mol. The van der Waals surface area contributed by atoms with Crippen LogP contribution < -0.4 is 0 Å². The van der Waals surface area contributed by atoms with Crippen LogP contribution in [0.1, 0.15) is 5.56 Å². The lowest BCUT2D eigenvalue weighted by Crippen LogP contribution is -2.06. The fourth-order valence-electron chi connectivity index (χ4n) is 1.30. The molecule has 0 radical (unpaired) electrons. The fraction of sp³-hybridized carbons (Fsp3) is 0.0909. The van der Waals surface area contributed by atoms with E-state index in [4.69, 9.17) is 23.2 Å². The molecule has 5 heteroatoms. The Hall–Kier alpha value is -1.32. The van der Waals surface area contributed by atoms with Crippen molar-refractivity contribution in [2.75, 3.05) is 5.88 Å². The molecule has 1 aromatic carbocycles. The van der Waals surface area contributed by atoms with Gasteiger partial charge in [-0.15, -0.1) is 11.6 Å². The highest BCUT2D eigenvalue weighted by Crippen LogP contribution is 2.21. The fourth-order valence-corrected chi connectivity index (χ4v) is 1.68. The number of hydrogen-bond donors (Lipinski definition) is 0. The molecule has 16 heavy (non-hydrogen) atoms. The Morgan fingerprint density at radius 3 is 2.81 bits per heavy atom. The normalized spacial score (nSPS) is 17.5. The van der Waals surface area contributed by atoms with Gasteiger partial charge in [-0.1, -0.05) is 35.0 Å². The predicted molar refractivity (Wildman–Crippen MR) is 63.7 cm³/mol. The molecule has 0 aliphatic carbocycles. The van der Waals surface area contributed by atoms with E-state index in [0.29, 0.717) is 16.3 Å². The lowest BCUT2D eigenvalue weighted by atomic mass is 10.1. The molecule has 0 amide bonds. The first-order valence-corrected chi connectivity index (χ1v) is 5.44. The zero-order chi connectivity index (χ0) is 11.5. The molecule has 1 aliphatic heterocycles. The molecule has 3 nitrogen and oxygen atoms in total. The minimum Gasteiger partial charge on any atom is -0.312 e. The quantitative estimate of drug-likeness (QED) is 0.463. The smallest absolute Gasteiger partial charge is 0.312 e. The van der Waals surface area contributed by atoms with Crippen LogP contribution >= 0.6 is 23.2 Å². The number of nitrogens with zero attached hydrogens (tertiary/aromatic N) is 1. The van der Waals surface area contributed by atoms with E-state index in [0.717, 1.165) is 5.56 Å². The van der Waals surface area contributed by atoms with Crippen LogP contribution in [0.2, 0.25) is 5.02 Å². The molecule has 0 fully saturated rings. The summed E-state index contributed by atoms with van der Waals surface area (Å²) >= 11 is 11.6. The molecule has 1 heterocycles. The minimum atomic E-state index is -0.504. The van der Waals surface area contributed by atoms with Crippen LogP contribution in [0, 0.1) is 0 Å². The molecule has 0 spiro atoms. The van der Waals surface area contributed by atoms with Crippen LogP contribution in [0.15, 0.2) is 35.0 Å². The highest BCUT2D eigenvalue weighted by atomic mass is 35.5. The van der Waals surface area contributed by atoms with Gasteiger partial charge in [0, 0.05) is 5.02 Å². The highest BCUT2D eigenvalue weighted by Gasteiger charge is 2.24. The van der Waals surface area contributed by atoms with E-state index >= 15 is 0 Å². The first-order chi connectivity index (χ1) is 7.72. The third kappa shape index (κ3) is 2.10. The van der Waals surface area contributed by atoms with Crippen LogP contribution in [0.3, 0.4) is 0 Å². The van der Waals surface area contributed by atoms with E-state index in [1.807, 2.05) is 12.1 Å². The van der Waals surface area contributed by atoms with Crippen molar-refractivity contribution in [1.82, 2.24) is 0 Å². The Bertz CT molecular complexity index is 495. The van der Waals surface area contributed by atoms with Crippen molar-refractivity contribution in [1.29, 1.82) is 0 Å². The second-order valence-corrected chi connectivity index (χ2v) is 3.80. The largest absolute Gasteiger partial charge is 0.367 e. The first-order valence-electron chi connectivity index (χ1n) is 4.53. The van der Waals surface area contributed by atoms with Gasteiger partial charge in [0.15, 0.2) is 0 Å². The van der Waals surface area contributed by atoms with Gasteiger partial charge in [-0.2, -0.15) is 0 Å². The van der Waals surface area contributed by atoms with Crippen LogP contribution in [-0.4, -0.2) is 17.6 Å². The molecular weight excluding hydrogens is 249 g/mol. The van der Waals surface area contributed by atoms with E-state index in [1.165, 1.54) is 0 Å². The maximum atomic E-state index is 11.4. The number of carbonyl (C=O) groups excluding carboxylic acids is 1. The van der Waals surface area contributed by atoms with E-state index < -0.39 is 5.97 Å². The van der Waals surface area contributed by atoms with Crippen molar-refractivity contribution >= 4 is 41.0 Å². The summed E-state index contributed by atoms with van der Waals surface area (Å²) in [6.45, 7) is 0. The van der Waals surface area contributed by atoms with Gasteiger partial charge >= 0.3 is 5.97 Å². The van der Waals surface area contributed by atoms with Crippen LogP contribution in [-0.2, 0) is 9.63 Å². The van der Waals surface area contributed by atoms with Gasteiger partial charge in [-0.05, 0) is 17.7 Å². The molecular formula is C11H7Cl2NO2. The molecule has 82 valence electrons. The first kappa shape index (κ1) is 11.2. The van der Waals surface area contributed by atoms with Crippen LogP contribution in [0.25, 0.3) is 6.08 Å². The molecule has 1 aliphatic rings. The van der Waals surface area contributed by atoms with Crippen molar-refractivity contribution in [2.45, 2.75) is 0 Å². The van der Waals surface area contributed by atoms with Crippen molar-refractivity contribution in [3.63, 3.8) is 0 Å². The second kappa shape index (κ2) is 4.68. The number of oxime groups is 1. The summed E-state index contributed by atoms with van der Waals surface area (Å²) < 4.78 is 0. The van der Waals surface area contributed by atoms with Crippen molar-refractivity contribution in [2.24, 2.45) is 5.16 Å². The number of rotatable bonds is 2. The van der Waals surface area contributed by atoms with Crippen LogP contribution in [0.5, 0.6) is 0 Å². The minimum absolute atomic E-state index is 0.127. The summed E-state index contributed by atoms with van der Waals surface area (Å²) in [4.78, 5) is 15.9. The Morgan fingerprint density at radius 2 is 2.12 bits per heavy atom. The Morgan fingerprint density at radius 1 is 1.38 bits per heavy atom. The molecule has 1 aromatic rings. The zero-order valence-electron chi connectivity index (χ0n) is 8.11. The van der Waals surface area contributed by atoms with Crippen LogP contribution in [0.4, 0.5) is 0 Å². The van der Waals surface area contributed by atoms with Gasteiger partial charge in [0.2, 0.25) is 0 Å². The van der Waals surface area contributed by atoms with Gasteiger partial charge in [-0.25, -0.2) is 4.79 Å². The van der Waals surface area contributed by atoms with E-state index in [1.54, 1.807) is 18.2 Å². The molecule has 0 N–H and O–H groups in total. The number of halogens is 2. The molecule has 0 unspecified atom stereocenters. The van der Waals surface area contributed by atoms with Gasteiger partial charge < -0.3 is 4.84 Å². The van der Waals surface area contributed by atoms with Gasteiger partial charge in [0.1, 0.15) is 5.71 Å². The summed E-state index contributed by atoms with van der Waals surface area (Å²) in [7, 11) is 0. The molecule has 0 atom stereocenters. The second-order valence-electron chi connectivity index (χ2n) is 3.13. The number of benzene rings is 1. The lowest BCUT2D eigenvalue weighted by molar-refractivity contribution is -0.136. The Labute approximate surface area is 102 Å². The van der Waals surface area contributed by atoms with Crippen molar-refractivity contribution in [3.05, 3.63) is 40.4 Å². The number of carbonyl (C=O) groups is 1. The van der Waals surface area contributed by atoms with Gasteiger partial charge in [0.25, 0.3) is 0 Å². The Balaban J connectivity index is 2.41. The van der Waals surface area contributed by atoms with Crippen molar-refractivity contribution < 1.29 is 9.63 Å². The molecule has 2 rings (SSSR count). The molecule has 0 aromatic heterocycles. The lowest BCUT2D eigenvalue weighted by Gasteiger charge is -1.98. The number of hydrogen-bond acceptors (Lipinski definition) is 3. The zero-order valence-corrected chi connectivity index (χ0v) is 9.63. The summed E-state index contributed by atoms with van der Waals surface area (Å²) in [6.07, 6.45) is 1.62. The van der Waals surface area contributed by atoms with Gasteiger partial charge in [-0.3, -0.25) is 0 Å². The SMILES string of the molecule is O=C1ON=C(CCl)C1=Cc1ccccc1Cl. The Kier molecular flexibility index (Phi) is 3.27. The third-order valence-electron chi connectivity index (χ3n) is 2.10. The summed E-state index contributed by atoms with van der Waals surface area (Å²) in [6, 6.07) is 7.18. The van der Waals surface area contributed by atoms with Crippen molar-refractivity contribution in [3.8, 4) is 0 Å². The monoisotopic (exact) mass is 255 g/mol. The predicted octanol–water partition coefficient (Wildman–Crippen LogP) is 2.88.